The smallest absolute Gasteiger partial charge is 0.418 e. The van der Waals surface area contributed by atoms with Gasteiger partial charge in [-0.1, -0.05) is 55.8 Å². The van der Waals surface area contributed by atoms with Crippen molar-refractivity contribution in [1.29, 1.82) is 0 Å². The number of amides is 1. The molecular formula is C31H39BBrN3O3. The van der Waals surface area contributed by atoms with E-state index in [9.17, 15) is 9.82 Å². The van der Waals surface area contributed by atoms with Crippen LogP contribution in [0.3, 0.4) is 0 Å². The average Bonchev–Trinajstić information content (AvgIpc) is 3.63. The Kier molecular flexibility index (Phi) is 9.07. The number of ether oxygens (including phenoxy) is 1. The van der Waals surface area contributed by atoms with Crippen molar-refractivity contribution in [3.63, 3.8) is 0 Å². The molecule has 2 N–H and O–H groups in total. The van der Waals surface area contributed by atoms with Gasteiger partial charge in [-0.2, -0.15) is 0 Å². The Hall–Kier alpha value is -2.84. The van der Waals surface area contributed by atoms with E-state index in [0.717, 1.165) is 45.1 Å². The molecule has 0 radical (unpaired) electrons. The predicted molar refractivity (Wildman–Crippen MR) is 165 cm³/mol. The SMILES string of the molecule is COc1ccc(CNc2nc3ccc(Br)cc3cc2C=C(C)C(=O)N(CCC(C)(C)C)B(O)C2CC2C)cc1. The highest BCUT2D eigenvalue weighted by Gasteiger charge is 2.47. The van der Waals surface area contributed by atoms with Crippen LogP contribution in [-0.2, 0) is 11.3 Å². The van der Waals surface area contributed by atoms with Crippen molar-refractivity contribution < 1.29 is 14.6 Å². The first-order chi connectivity index (χ1) is 18.4. The van der Waals surface area contributed by atoms with Gasteiger partial charge in [-0.05, 0) is 85.0 Å². The van der Waals surface area contributed by atoms with Crippen LogP contribution in [0.15, 0.2) is 58.6 Å². The molecule has 2 atom stereocenters. The van der Waals surface area contributed by atoms with Crippen LogP contribution in [0.2, 0.25) is 5.82 Å². The molecule has 1 heterocycles. The number of nitrogens with one attached hydrogen (secondary N) is 1. The summed E-state index contributed by atoms with van der Waals surface area (Å²) < 4.78 is 6.24. The highest BCUT2D eigenvalue weighted by molar-refractivity contribution is 9.10. The number of hydrogen-bond acceptors (Lipinski definition) is 5. The first-order valence-corrected chi connectivity index (χ1v) is 14.4. The molecule has 0 bridgehead atoms. The minimum absolute atomic E-state index is 0.0548. The summed E-state index contributed by atoms with van der Waals surface area (Å²) >= 11 is 3.56. The van der Waals surface area contributed by atoms with Crippen molar-refractivity contribution >= 4 is 51.7 Å². The maximum absolute atomic E-state index is 13.8. The molecule has 1 aliphatic carbocycles. The average molecular weight is 592 g/mol. The lowest BCUT2D eigenvalue weighted by Crippen LogP contribution is -2.46. The van der Waals surface area contributed by atoms with Crippen molar-refractivity contribution in [3.05, 3.63) is 69.7 Å². The standard InChI is InChI=1S/C31H39BBrN3O3/c1-20-16-27(20)32(38)36(14-13-31(3,4)5)30(37)21(2)15-24-17-23-18-25(33)9-12-28(23)35-29(24)34-19-22-7-10-26(39-6)11-8-22/h7-12,15,17-18,20,27,38H,13-14,16,19H2,1-6H3,(H,34,35). The largest absolute Gasteiger partial charge is 0.497 e. The second kappa shape index (κ2) is 12.1. The van der Waals surface area contributed by atoms with Crippen molar-refractivity contribution in [2.24, 2.45) is 11.3 Å². The zero-order valence-electron chi connectivity index (χ0n) is 23.8. The Balaban J connectivity index is 1.65. The molecule has 206 valence electrons. The number of fused-ring (bicyclic) bond motifs is 1. The molecule has 3 aromatic rings. The van der Waals surface area contributed by atoms with Gasteiger partial charge in [0, 0.05) is 34.1 Å². The van der Waals surface area contributed by atoms with Gasteiger partial charge in [-0.3, -0.25) is 4.79 Å². The Morgan fingerprint density at radius 2 is 1.92 bits per heavy atom. The van der Waals surface area contributed by atoms with Crippen LogP contribution in [0.25, 0.3) is 17.0 Å². The van der Waals surface area contributed by atoms with Gasteiger partial charge in [0.2, 0.25) is 5.91 Å². The van der Waals surface area contributed by atoms with Gasteiger partial charge in [-0.15, -0.1) is 0 Å². The van der Waals surface area contributed by atoms with Crippen molar-refractivity contribution in [3.8, 4) is 5.75 Å². The number of rotatable bonds is 10. The molecule has 39 heavy (non-hydrogen) atoms. The second-order valence-corrected chi connectivity index (χ2v) is 12.8. The summed E-state index contributed by atoms with van der Waals surface area (Å²) in [6, 6.07) is 15.9. The number of halogens is 1. The molecule has 2 unspecified atom stereocenters. The molecule has 1 aromatic heterocycles. The molecule has 1 amide bonds. The van der Waals surface area contributed by atoms with Gasteiger partial charge < -0.3 is 19.9 Å². The molecule has 0 saturated heterocycles. The van der Waals surface area contributed by atoms with Crippen LogP contribution in [0, 0.1) is 11.3 Å². The van der Waals surface area contributed by atoms with Crippen LogP contribution in [-0.4, -0.2) is 41.4 Å². The summed E-state index contributed by atoms with van der Waals surface area (Å²) in [4.78, 5) is 20.3. The van der Waals surface area contributed by atoms with Crippen molar-refractivity contribution in [2.45, 2.75) is 59.8 Å². The fourth-order valence-electron chi connectivity index (χ4n) is 4.67. The topological polar surface area (TPSA) is 74.7 Å². The number of nitrogens with zero attached hydrogens (tertiary/aromatic N) is 2. The summed E-state index contributed by atoms with van der Waals surface area (Å²) in [7, 11) is 0.887. The van der Waals surface area contributed by atoms with E-state index in [1.165, 1.54) is 0 Å². The van der Waals surface area contributed by atoms with E-state index in [0.29, 0.717) is 30.4 Å². The van der Waals surface area contributed by atoms with Gasteiger partial charge in [0.1, 0.15) is 11.6 Å². The van der Waals surface area contributed by atoms with E-state index >= 15 is 0 Å². The van der Waals surface area contributed by atoms with Crippen molar-refractivity contribution in [2.75, 3.05) is 19.0 Å². The number of carbonyl (C=O) groups is 1. The van der Waals surface area contributed by atoms with E-state index in [1.807, 2.05) is 55.5 Å². The molecule has 2 aromatic carbocycles. The fourth-order valence-corrected chi connectivity index (χ4v) is 5.05. The predicted octanol–water partition coefficient (Wildman–Crippen LogP) is 7.18. The van der Waals surface area contributed by atoms with Gasteiger partial charge in [-0.25, -0.2) is 4.98 Å². The third kappa shape index (κ3) is 7.64. The molecule has 4 rings (SSSR count). The van der Waals surface area contributed by atoms with Gasteiger partial charge in [0.05, 0.1) is 12.6 Å². The second-order valence-electron chi connectivity index (χ2n) is 11.9. The number of benzene rings is 2. The molecule has 0 aliphatic heterocycles. The number of hydrogen-bond donors (Lipinski definition) is 2. The van der Waals surface area contributed by atoms with E-state index in [-0.39, 0.29) is 17.1 Å². The third-order valence-electron chi connectivity index (χ3n) is 7.37. The number of pyridine rings is 1. The first kappa shape index (κ1) is 29.2. The zero-order valence-corrected chi connectivity index (χ0v) is 25.4. The Bertz CT molecular complexity index is 1350. The van der Waals surface area contributed by atoms with Gasteiger partial charge >= 0.3 is 7.05 Å². The van der Waals surface area contributed by atoms with Crippen LogP contribution < -0.4 is 10.1 Å². The van der Waals surface area contributed by atoms with Gasteiger partial charge in [0.25, 0.3) is 0 Å². The highest BCUT2D eigenvalue weighted by atomic mass is 79.9. The number of anilines is 1. The van der Waals surface area contributed by atoms with Crippen LogP contribution in [0.4, 0.5) is 5.82 Å². The lowest BCUT2D eigenvalue weighted by molar-refractivity contribution is -0.123. The van der Waals surface area contributed by atoms with E-state index in [2.05, 4.69) is 55.0 Å². The van der Waals surface area contributed by atoms with Crippen molar-refractivity contribution in [1.82, 2.24) is 9.79 Å². The Morgan fingerprint density at radius 1 is 1.23 bits per heavy atom. The monoisotopic (exact) mass is 591 g/mol. The quantitative estimate of drug-likeness (QED) is 0.193. The summed E-state index contributed by atoms with van der Waals surface area (Å²) in [6.45, 7) is 11.5. The number of methoxy groups -OCH3 is 1. The zero-order chi connectivity index (χ0) is 28.3. The number of carbonyl (C=O) groups excluding carboxylic acids is 1. The molecule has 8 heteroatoms. The number of aromatic nitrogens is 1. The van der Waals surface area contributed by atoms with Crippen LogP contribution >= 0.6 is 15.9 Å². The first-order valence-electron chi connectivity index (χ1n) is 13.6. The fraction of sp³-hybridized carbons (Fsp3) is 0.419. The van der Waals surface area contributed by atoms with Crippen LogP contribution in [0.1, 0.15) is 58.6 Å². The lowest BCUT2D eigenvalue weighted by Gasteiger charge is -2.29. The van der Waals surface area contributed by atoms with E-state index < -0.39 is 7.05 Å². The van der Waals surface area contributed by atoms with Crippen LogP contribution in [0.5, 0.6) is 5.75 Å². The minimum atomic E-state index is -0.767. The lowest BCUT2D eigenvalue weighted by atomic mass is 9.71. The molecule has 1 aliphatic rings. The normalized spacial score (nSPS) is 17.2. The minimum Gasteiger partial charge on any atom is -0.497 e. The van der Waals surface area contributed by atoms with Gasteiger partial charge in [0.15, 0.2) is 0 Å². The summed E-state index contributed by atoms with van der Waals surface area (Å²) in [6.07, 6.45) is 3.65. The maximum Gasteiger partial charge on any atom is 0.418 e. The van der Waals surface area contributed by atoms with E-state index in [1.54, 1.807) is 11.9 Å². The third-order valence-corrected chi connectivity index (χ3v) is 7.87. The molecule has 0 spiro atoms. The Morgan fingerprint density at radius 3 is 2.54 bits per heavy atom. The molecule has 1 fully saturated rings. The molecular weight excluding hydrogens is 553 g/mol. The molecule has 6 nitrogen and oxygen atoms in total. The summed E-state index contributed by atoms with van der Waals surface area (Å²) in [5, 5.41) is 15.6. The maximum atomic E-state index is 13.8. The highest BCUT2D eigenvalue weighted by Crippen LogP contribution is 2.46. The Labute approximate surface area is 241 Å². The summed E-state index contributed by atoms with van der Waals surface area (Å²) in [5.41, 5.74) is 3.40. The molecule has 1 saturated carbocycles. The summed E-state index contributed by atoms with van der Waals surface area (Å²) in [5.74, 6) is 1.95. The van der Waals surface area contributed by atoms with E-state index in [4.69, 9.17) is 9.72 Å².